The van der Waals surface area contributed by atoms with Crippen molar-refractivity contribution in [2.24, 2.45) is 0 Å². The molecule has 6 nitrogen and oxygen atoms in total. The van der Waals surface area contributed by atoms with Crippen LogP contribution in [0.1, 0.15) is 60.5 Å². The average Bonchev–Trinajstić information content (AvgIpc) is 3.28. The molecule has 3 aromatic rings. The predicted octanol–water partition coefficient (Wildman–Crippen LogP) is 3.75. The fraction of sp³-hybridized carbons (Fsp3) is 0.421. The number of H-pyrrole nitrogens is 2. The number of hydrogen-bond acceptors (Lipinski definition) is 3. The second-order valence-electron chi connectivity index (χ2n) is 6.81. The molecule has 1 aliphatic heterocycles. The summed E-state index contributed by atoms with van der Waals surface area (Å²) in [6.07, 6.45) is 6.21. The number of amides is 1. The van der Waals surface area contributed by atoms with Crippen LogP contribution >= 0.6 is 0 Å². The van der Waals surface area contributed by atoms with E-state index < -0.39 is 0 Å². The maximum Gasteiger partial charge on any atom is 0.257 e. The van der Waals surface area contributed by atoms with E-state index in [1.54, 1.807) is 12.3 Å². The van der Waals surface area contributed by atoms with E-state index in [0.29, 0.717) is 23.1 Å². The molecule has 0 bridgehead atoms. The quantitative estimate of drug-likeness (QED) is 0.748. The van der Waals surface area contributed by atoms with Crippen LogP contribution in [-0.4, -0.2) is 37.5 Å². The monoisotopic (exact) mass is 355 g/mol. The van der Waals surface area contributed by atoms with Gasteiger partial charge in [0.05, 0.1) is 28.8 Å². The third kappa shape index (κ3) is 2.98. The number of carbonyl (C=O) groups is 1. The van der Waals surface area contributed by atoms with Crippen molar-refractivity contribution in [3.8, 4) is 0 Å². The second kappa shape index (κ2) is 6.90. The van der Waals surface area contributed by atoms with E-state index in [0.717, 1.165) is 43.6 Å². The lowest BCUT2D eigenvalue weighted by Gasteiger charge is -2.34. The third-order valence-electron chi connectivity index (χ3n) is 4.99. The highest BCUT2D eigenvalue weighted by Gasteiger charge is 2.32. The number of imidazole rings is 1. The summed E-state index contributed by atoms with van der Waals surface area (Å²) in [4.78, 5) is 22.9. The molecule has 1 amide bonds. The van der Waals surface area contributed by atoms with Gasteiger partial charge in [0.1, 0.15) is 11.6 Å². The van der Waals surface area contributed by atoms with Crippen LogP contribution in [0.2, 0.25) is 0 Å². The van der Waals surface area contributed by atoms with Gasteiger partial charge < -0.3 is 9.88 Å². The van der Waals surface area contributed by atoms with Crippen molar-refractivity contribution in [1.82, 2.24) is 25.1 Å². The largest absolute Gasteiger partial charge is 0.340 e. The Morgan fingerprint density at radius 1 is 1.38 bits per heavy atom. The molecule has 1 atom stereocenters. The molecule has 3 heterocycles. The first-order valence-electron chi connectivity index (χ1n) is 9.15. The number of likely N-dealkylation sites (tertiary alicyclic amines) is 1. The van der Waals surface area contributed by atoms with E-state index in [1.165, 1.54) is 12.1 Å². The van der Waals surface area contributed by atoms with Gasteiger partial charge in [-0.1, -0.05) is 13.3 Å². The fourth-order valence-corrected chi connectivity index (χ4v) is 3.71. The van der Waals surface area contributed by atoms with Crippen molar-refractivity contribution in [2.45, 2.75) is 45.1 Å². The maximum absolute atomic E-state index is 13.5. The highest BCUT2D eigenvalue weighted by molar-refractivity contribution is 5.95. The Balaban J connectivity index is 1.67. The van der Waals surface area contributed by atoms with Gasteiger partial charge in [-0.3, -0.25) is 9.89 Å². The minimum Gasteiger partial charge on any atom is -0.340 e. The average molecular weight is 355 g/mol. The summed E-state index contributed by atoms with van der Waals surface area (Å²) < 4.78 is 13.5. The van der Waals surface area contributed by atoms with Gasteiger partial charge in [0, 0.05) is 12.2 Å². The summed E-state index contributed by atoms with van der Waals surface area (Å²) in [5.41, 5.74) is 2.90. The lowest BCUT2D eigenvalue weighted by Crippen LogP contribution is -2.39. The minimum atomic E-state index is -0.299. The Labute approximate surface area is 150 Å². The van der Waals surface area contributed by atoms with Crippen molar-refractivity contribution in [2.75, 3.05) is 6.54 Å². The molecule has 136 valence electrons. The number of nitrogens with zero attached hydrogens (tertiary/aromatic N) is 3. The SMILES string of the molecule is CCCc1[nH]ncc1C(=O)N1CCCCC1c1nc2ccc(F)cc2[nH]1. The normalized spacial score (nSPS) is 17.8. The highest BCUT2D eigenvalue weighted by Crippen LogP contribution is 2.32. The molecule has 0 radical (unpaired) electrons. The van der Waals surface area contributed by atoms with E-state index in [4.69, 9.17) is 0 Å². The predicted molar refractivity (Wildman–Crippen MR) is 96.3 cm³/mol. The van der Waals surface area contributed by atoms with E-state index in [-0.39, 0.29) is 17.8 Å². The Morgan fingerprint density at radius 2 is 2.27 bits per heavy atom. The lowest BCUT2D eigenvalue weighted by molar-refractivity contribution is 0.0600. The molecule has 0 saturated carbocycles. The van der Waals surface area contributed by atoms with Crippen LogP contribution in [0.15, 0.2) is 24.4 Å². The van der Waals surface area contributed by atoms with E-state index in [2.05, 4.69) is 27.1 Å². The molecule has 1 aromatic carbocycles. The number of halogens is 1. The number of fused-ring (bicyclic) bond motifs is 1. The van der Waals surface area contributed by atoms with Crippen LogP contribution in [0, 0.1) is 5.82 Å². The molecular weight excluding hydrogens is 333 g/mol. The number of benzene rings is 1. The summed E-state index contributed by atoms with van der Waals surface area (Å²) in [5.74, 6) is 0.407. The third-order valence-corrected chi connectivity index (χ3v) is 4.99. The summed E-state index contributed by atoms with van der Waals surface area (Å²) in [6, 6.07) is 4.38. The molecule has 1 saturated heterocycles. The molecule has 1 fully saturated rings. The topological polar surface area (TPSA) is 77.7 Å². The molecule has 1 unspecified atom stereocenters. The van der Waals surface area contributed by atoms with E-state index >= 15 is 0 Å². The number of aromatic amines is 2. The maximum atomic E-state index is 13.5. The number of nitrogens with one attached hydrogen (secondary N) is 2. The molecule has 26 heavy (non-hydrogen) atoms. The number of carbonyl (C=O) groups excluding carboxylic acids is 1. The van der Waals surface area contributed by atoms with Gasteiger partial charge in [0.25, 0.3) is 5.91 Å². The number of aromatic nitrogens is 4. The van der Waals surface area contributed by atoms with Crippen LogP contribution in [0.25, 0.3) is 11.0 Å². The fourth-order valence-electron chi connectivity index (χ4n) is 3.71. The molecule has 0 spiro atoms. The van der Waals surface area contributed by atoms with Gasteiger partial charge in [-0.15, -0.1) is 0 Å². The molecule has 7 heteroatoms. The summed E-state index contributed by atoms with van der Waals surface area (Å²) in [6.45, 7) is 2.76. The Morgan fingerprint density at radius 3 is 3.12 bits per heavy atom. The zero-order valence-electron chi connectivity index (χ0n) is 14.8. The molecule has 2 aromatic heterocycles. The first-order valence-corrected chi connectivity index (χ1v) is 9.15. The van der Waals surface area contributed by atoms with E-state index in [9.17, 15) is 9.18 Å². The van der Waals surface area contributed by atoms with Gasteiger partial charge >= 0.3 is 0 Å². The smallest absolute Gasteiger partial charge is 0.257 e. The van der Waals surface area contributed by atoms with E-state index in [1.807, 2.05) is 4.90 Å². The Bertz CT molecular complexity index is 931. The molecular formula is C19H22FN5O. The standard InChI is InChI=1S/C19H22FN5O/c1-2-5-14-13(11-21-24-14)19(26)25-9-4-3-6-17(25)18-22-15-8-7-12(20)10-16(15)23-18/h7-8,10-11,17H,2-6,9H2,1H3,(H,21,24)(H,22,23). The van der Waals surface area contributed by atoms with Gasteiger partial charge in [-0.25, -0.2) is 9.37 Å². The van der Waals surface area contributed by atoms with Crippen LogP contribution < -0.4 is 0 Å². The summed E-state index contributed by atoms with van der Waals surface area (Å²) >= 11 is 0. The highest BCUT2D eigenvalue weighted by atomic mass is 19.1. The Hall–Kier alpha value is -2.70. The second-order valence-corrected chi connectivity index (χ2v) is 6.81. The number of piperidine rings is 1. The van der Waals surface area contributed by atoms with Crippen LogP contribution in [0.3, 0.4) is 0 Å². The molecule has 0 aliphatic carbocycles. The van der Waals surface area contributed by atoms with Crippen molar-refractivity contribution in [1.29, 1.82) is 0 Å². The van der Waals surface area contributed by atoms with Gasteiger partial charge in [0.15, 0.2) is 0 Å². The zero-order chi connectivity index (χ0) is 18.1. The van der Waals surface area contributed by atoms with Gasteiger partial charge in [-0.2, -0.15) is 5.10 Å². The van der Waals surface area contributed by atoms with Gasteiger partial charge in [-0.05, 0) is 43.9 Å². The summed E-state index contributed by atoms with van der Waals surface area (Å²) in [7, 11) is 0. The first kappa shape index (κ1) is 16.8. The van der Waals surface area contributed by atoms with Crippen molar-refractivity contribution >= 4 is 16.9 Å². The Kier molecular flexibility index (Phi) is 4.44. The minimum absolute atomic E-state index is 0.0152. The van der Waals surface area contributed by atoms with Crippen LogP contribution in [0.4, 0.5) is 4.39 Å². The first-order chi connectivity index (χ1) is 12.7. The molecule has 4 rings (SSSR count). The lowest BCUT2D eigenvalue weighted by atomic mass is 10.00. The van der Waals surface area contributed by atoms with Crippen molar-refractivity contribution < 1.29 is 9.18 Å². The zero-order valence-corrected chi connectivity index (χ0v) is 14.8. The van der Waals surface area contributed by atoms with Crippen LogP contribution in [0.5, 0.6) is 0 Å². The molecule has 2 N–H and O–H groups in total. The number of aryl methyl sites for hydroxylation is 1. The summed E-state index contributed by atoms with van der Waals surface area (Å²) in [5, 5.41) is 7.01. The number of rotatable bonds is 4. The number of hydrogen-bond donors (Lipinski definition) is 2. The van der Waals surface area contributed by atoms with Gasteiger partial charge in [0.2, 0.25) is 0 Å². The van der Waals surface area contributed by atoms with Crippen molar-refractivity contribution in [3.05, 3.63) is 47.3 Å². The van der Waals surface area contributed by atoms with Crippen LogP contribution in [-0.2, 0) is 6.42 Å². The van der Waals surface area contributed by atoms with Crippen molar-refractivity contribution in [3.63, 3.8) is 0 Å². The molecule has 1 aliphatic rings.